The fourth-order valence-electron chi connectivity index (χ4n) is 2.87. The topological polar surface area (TPSA) is 55.8 Å². The Hall–Kier alpha value is -1.27. The van der Waals surface area contributed by atoms with E-state index in [1.807, 2.05) is 0 Å². The van der Waals surface area contributed by atoms with Crippen LogP contribution in [0.2, 0.25) is 0 Å². The number of nitrogens with zero attached hydrogens (tertiary/aromatic N) is 1. The highest BCUT2D eigenvalue weighted by atomic mass is 35.6. The van der Waals surface area contributed by atoms with Gasteiger partial charge < -0.3 is 9.47 Å². The maximum Gasteiger partial charge on any atom is 0.262 e. The zero-order chi connectivity index (χ0) is 17.7. The van der Waals surface area contributed by atoms with Crippen molar-refractivity contribution in [2.24, 2.45) is 0 Å². The van der Waals surface area contributed by atoms with E-state index in [0.717, 1.165) is 4.90 Å². The second-order valence-corrected chi connectivity index (χ2v) is 8.05. The maximum atomic E-state index is 12.7. The van der Waals surface area contributed by atoms with Crippen molar-refractivity contribution in [1.82, 2.24) is 4.90 Å². The molecule has 0 aliphatic carbocycles. The number of amides is 2. The van der Waals surface area contributed by atoms with Crippen LogP contribution in [0.5, 0.6) is 0 Å². The Morgan fingerprint density at radius 2 is 1.75 bits per heavy atom. The molecule has 5 nitrogen and oxygen atoms in total. The molecule has 0 fully saturated rings. The number of allylic oxidation sites excluding steroid dienone is 1. The molecule has 0 radical (unpaired) electrons. The zero-order valence-electron chi connectivity index (χ0n) is 12.9. The van der Waals surface area contributed by atoms with Crippen molar-refractivity contribution >= 4 is 46.6 Å². The van der Waals surface area contributed by atoms with Crippen LogP contribution in [0.3, 0.4) is 0 Å². The summed E-state index contributed by atoms with van der Waals surface area (Å²) < 4.78 is 9.14. The van der Waals surface area contributed by atoms with Crippen molar-refractivity contribution in [1.29, 1.82) is 0 Å². The third-order valence-corrected chi connectivity index (χ3v) is 4.68. The SMILES string of the molecule is CO[C@]1(C)C[C@@H](N2C(=O)c3ccccc3C2=O)C=C(C(Cl)(Cl)Cl)O1. The van der Waals surface area contributed by atoms with E-state index in [1.54, 1.807) is 31.2 Å². The van der Waals surface area contributed by atoms with Crippen molar-refractivity contribution in [3.05, 3.63) is 47.2 Å². The minimum atomic E-state index is -1.84. The van der Waals surface area contributed by atoms with Crippen LogP contribution in [-0.4, -0.2) is 39.4 Å². The van der Waals surface area contributed by atoms with Crippen LogP contribution in [-0.2, 0) is 9.47 Å². The number of ether oxygens (including phenoxy) is 2. The zero-order valence-corrected chi connectivity index (χ0v) is 15.2. The molecule has 0 spiro atoms. The summed E-state index contributed by atoms with van der Waals surface area (Å²) in [5.74, 6) is -1.89. The predicted octanol–water partition coefficient (Wildman–Crippen LogP) is 3.69. The molecule has 2 atom stereocenters. The van der Waals surface area contributed by atoms with Crippen LogP contribution in [0.4, 0.5) is 0 Å². The molecule has 2 aliphatic heterocycles. The van der Waals surface area contributed by atoms with Gasteiger partial charge in [0.1, 0.15) is 5.76 Å². The molecule has 2 amide bonds. The first-order chi connectivity index (χ1) is 11.2. The van der Waals surface area contributed by atoms with Gasteiger partial charge >= 0.3 is 0 Å². The number of imide groups is 1. The van der Waals surface area contributed by atoms with Crippen LogP contribution in [0.25, 0.3) is 0 Å². The molecule has 1 aromatic carbocycles. The Labute approximate surface area is 154 Å². The van der Waals surface area contributed by atoms with Crippen molar-refractivity contribution in [3.63, 3.8) is 0 Å². The molecule has 0 unspecified atom stereocenters. The average molecular weight is 391 g/mol. The number of benzene rings is 1. The molecule has 24 heavy (non-hydrogen) atoms. The minimum absolute atomic E-state index is 0.0182. The Morgan fingerprint density at radius 3 is 2.21 bits per heavy atom. The second kappa shape index (κ2) is 5.92. The number of carbonyl (C=O) groups is 2. The number of rotatable bonds is 2. The number of methoxy groups -OCH3 is 1. The number of hydrogen-bond acceptors (Lipinski definition) is 4. The first kappa shape index (κ1) is 17.5. The van der Waals surface area contributed by atoms with Gasteiger partial charge in [-0.15, -0.1) is 0 Å². The van der Waals surface area contributed by atoms with E-state index in [9.17, 15) is 9.59 Å². The van der Waals surface area contributed by atoms with E-state index >= 15 is 0 Å². The van der Waals surface area contributed by atoms with Crippen LogP contribution in [0.1, 0.15) is 34.1 Å². The van der Waals surface area contributed by atoms with Crippen molar-refractivity contribution in [2.75, 3.05) is 7.11 Å². The summed E-state index contributed by atoms with van der Waals surface area (Å²) in [6.45, 7) is 1.65. The fourth-order valence-corrected chi connectivity index (χ4v) is 3.18. The molecule has 0 bridgehead atoms. The van der Waals surface area contributed by atoms with E-state index in [1.165, 1.54) is 13.2 Å². The van der Waals surface area contributed by atoms with Gasteiger partial charge in [-0.1, -0.05) is 46.9 Å². The Bertz CT molecular complexity index is 708. The fraction of sp³-hybridized carbons (Fsp3) is 0.375. The molecular formula is C16H14Cl3NO4. The van der Waals surface area contributed by atoms with Gasteiger partial charge in [0.25, 0.3) is 11.8 Å². The lowest BCUT2D eigenvalue weighted by atomic mass is 10.0. The smallest absolute Gasteiger partial charge is 0.262 e. The second-order valence-electron chi connectivity index (χ2n) is 5.77. The molecule has 0 saturated carbocycles. The molecule has 1 aromatic rings. The monoisotopic (exact) mass is 389 g/mol. The van der Waals surface area contributed by atoms with Gasteiger partial charge in [-0.2, -0.15) is 0 Å². The molecule has 0 aromatic heterocycles. The van der Waals surface area contributed by atoms with Gasteiger partial charge in [-0.05, 0) is 18.2 Å². The Kier molecular flexibility index (Phi) is 4.33. The molecule has 0 N–H and O–H groups in total. The van der Waals surface area contributed by atoms with Crippen LogP contribution >= 0.6 is 34.8 Å². The third-order valence-electron chi connectivity index (χ3n) is 4.12. The molecule has 2 aliphatic rings. The lowest BCUT2D eigenvalue weighted by Crippen LogP contribution is -2.49. The molecule has 3 rings (SSSR count). The van der Waals surface area contributed by atoms with Crippen LogP contribution < -0.4 is 0 Å². The van der Waals surface area contributed by atoms with E-state index in [-0.39, 0.29) is 24.0 Å². The summed E-state index contributed by atoms with van der Waals surface area (Å²) in [4.78, 5) is 26.5. The lowest BCUT2D eigenvalue weighted by Gasteiger charge is -2.40. The molecule has 8 heteroatoms. The van der Waals surface area contributed by atoms with Crippen molar-refractivity contribution in [2.45, 2.75) is 29.0 Å². The van der Waals surface area contributed by atoms with Gasteiger partial charge in [0.05, 0.1) is 17.2 Å². The summed E-state index contributed by atoms with van der Waals surface area (Å²) in [6, 6.07) is 5.99. The van der Waals surface area contributed by atoms with E-state index in [0.29, 0.717) is 11.1 Å². The summed E-state index contributed by atoms with van der Waals surface area (Å²) >= 11 is 17.8. The van der Waals surface area contributed by atoms with Crippen molar-refractivity contribution < 1.29 is 19.1 Å². The van der Waals surface area contributed by atoms with Crippen LogP contribution in [0.15, 0.2) is 36.1 Å². The number of halogens is 3. The molecule has 128 valence electrons. The van der Waals surface area contributed by atoms with Crippen LogP contribution in [0, 0.1) is 0 Å². The van der Waals surface area contributed by atoms with E-state index in [4.69, 9.17) is 44.3 Å². The first-order valence-electron chi connectivity index (χ1n) is 7.16. The van der Waals surface area contributed by atoms with Gasteiger partial charge in [0, 0.05) is 20.5 Å². The standard InChI is InChI=1S/C16H14Cl3NO4/c1-15(23-2)8-9(7-12(24-15)16(17,18)19)20-13(21)10-5-3-4-6-11(10)14(20)22/h3-7,9H,8H2,1-2H3/t9-,15-/m0/s1. The van der Waals surface area contributed by atoms with Crippen molar-refractivity contribution in [3.8, 4) is 0 Å². The average Bonchev–Trinajstić information content (AvgIpc) is 2.78. The quantitative estimate of drug-likeness (QED) is 0.571. The number of hydrogen-bond donors (Lipinski definition) is 0. The first-order valence-corrected chi connectivity index (χ1v) is 8.30. The maximum absolute atomic E-state index is 12.7. The Balaban J connectivity index is 2.02. The van der Waals surface area contributed by atoms with Gasteiger partial charge in [0.2, 0.25) is 9.58 Å². The van der Waals surface area contributed by atoms with E-state index in [2.05, 4.69) is 0 Å². The normalized spacial score (nSPS) is 27.0. The summed E-state index contributed by atoms with van der Waals surface area (Å²) in [5.41, 5.74) is 0.717. The van der Waals surface area contributed by atoms with Gasteiger partial charge in [-0.3, -0.25) is 14.5 Å². The predicted molar refractivity (Wildman–Crippen MR) is 90.2 cm³/mol. The number of fused-ring (bicyclic) bond motifs is 1. The Morgan fingerprint density at radius 1 is 1.21 bits per heavy atom. The highest BCUT2D eigenvalue weighted by Gasteiger charge is 2.47. The third kappa shape index (κ3) is 2.90. The minimum Gasteiger partial charge on any atom is -0.463 e. The summed E-state index contributed by atoms with van der Waals surface area (Å²) in [7, 11) is 1.45. The lowest BCUT2D eigenvalue weighted by molar-refractivity contribution is -0.202. The number of alkyl halides is 3. The molecular weight excluding hydrogens is 377 g/mol. The van der Waals surface area contributed by atoms with E-state index < -0.39 is 15.6 Å². The summed E-state index contributed by atoms with van der Waals surface area (Å²) in [6.07, 6.45) is 1.70. The number of carbonyl (C=O) groups excluding carboxylic acids is 2. The highest BCUT2D eigenvalue weighted by molar-refractivity contribution is 6.69. The van der Waals surface area contributed by atoms with Gasteiger partial charge in [0.15, 0.2) is 0 Å². The molecule has 0 saturated heterocycles. The largest absolute Gasteiger partial charge is 0.463 e. The summed E-state index contributed by atoms with van der Waals surface area (Å²) in [5, 5.41) is 0. The molecule has 2 heterocycles. The highest BCUT2D eigenvalue weighted by Crippen LogP contribution is 2.43. The van der Waals surface area contributed by atoms with Gasteiger partial charge in [-0.25, -0.2) is 0 Å².